The van der Waals surface area contributed by atoms with E-state index in [1.54, 1.807) is 11.1 Å². The van der Waals surface area contributed by atoms with Gasteiger partial charge in [-0.05, 0) is 68.4 Å². The van der Waals surface area contributed by atoms with Crippen LogP contribution in [0, 0.1) is 34.5 Å². The minimum absolute atomic E-state index is 0.130. The zero-order valence-electron chi connectivity index (χ0n) is 25.3. The number of aromatic amines is 1. The summed E-state index contributed by atoms with van der Waals surface area (Å²) in [6.07, 6.45) is 15.9. The maximum Gasteiger partial charge on any atom is 0.290 e. The van der Waals surface area contributed by atoms with Gasteiger partial charge in [-0.15, -0.1) is 0 Å². The molecule has 1 unspecified atom stereocenters. The van der Waals surface area contributed by atoms with Crippen LogP contribution in [0.25, 0.3) is 22.1 Å². The first kappa shape index (κ1) is 29.8. The molecule has 2 N–H and O–H groups in total. The van der Waals surface area contributed by atoms with Gasteiger partial charge in [0, 0.05) is 37.0 Å². The first-order chi connectivity index (χ1) is 21.5. The summed E-state index contributed by atoms with van der Waals surface area (Å²) in [5.41, 5.74) is 2.18. The van der Waals surface area contributed by atoms with Gasteiger partial charge in [-0.3, -0.25) is 4.79 Å². The van der Waals surface area contributed by atoms with Gasteiger partial charge < -0.3 is 19.6 Å². The fourth-order valence-electron chi connectivity index (χ4n) is 7.45. The van der Waals surface area contributed by atoms with Crippen molar-refractivity contribution >= 4 is 28.0 Å². The Labute approximate surface area is 258 Å². The summed E-state index contributed by atoms with van der Waals surface area (Å²) in [5, 5.41) is 29.8. The number of aromatic nitrogens is 4. The number of aliphatic hydroxyl groups is 1. The van der Waals surface area contributed by atoms with Crippen LogP contribution in [0.2, 0.25) is 0 Å². The molecule has 1 amide bonds. The summed E-state index contributed by atoms with van der Waals surface area (Å²) < 4.78 is 2.12. The number of imidazole rings is 1. The van der Waals surface area contributed by atoms with Crippen LogP contribution in [-0.4, -0.2) is 48.5 Å². The average Bonchev–Trinajstić information content (AvgIpc) is 3.80. The molecule has 3 aliphatic rings. The minimum Gasteiger partial charge on any atom is -0.383 e. The summed E-state index contributed by atoms with van der Waals surface area (Å²) >= 11 is 0. The molecule has 9 nitrogen and oxygen atoms in total. The molecule has 2 saturated carbocycles. The molecule has 44 heavy (non-hydrogen) atoms. The van der Waals surface area contributed by atoms with E-state index in [9.17, 15) is 9.90 Å². The lowest BCUT2D eigenvalue weighted by Crippen LogP contribution is -2.36. The predicted octanol–water partition coefficient (Wildman–Crippen LogP) is 6.77. The lowest BCUT2D eigenvalue weighted by molar-refractivity contribution is 0.0411. The van der Waals surface area contributed by atoms with Crippen molar-refractivity contribution in [3.05, 3.63) is 60.2 Å². The first-order valence-electron chi connectivity index (χ1n) is 16.2. The largest absolute Gasteiger partial charge is 0.383 e. The maximum absolute atomic E-state index is 13.9. The Kier molecular flexibility index (Phi) is 8.95. The van der Waals surface area contributed by atoms with Crippen LogP contribution in [0.3, 0.4) is 0 Å². The zero-order chi connectivity index (χ0) is 30.5. The fourth-order valence-corrected chi connectivity index (χ4v) is 7.45. The van der Waals surface area contributed by atoms with Crippen LogP contribution >= 0.6 is 0 Å². The summed E-state index contributed by atoms with van der Waals surface area (Å²) in [4.78, 5) is 28.1. The van der Waals surface area contributed by atoms with Crippen LogP contribution in [0.15, 0.2) is 48.8 Å². The molecule has 0 radical (unpaired) electrons. The summed E-state index contributed by atoms with van der Waals surface area (Å²) in [7, 11) is 0. The lowest BCUT2D eigenvalue weighted by atomic mass is 9.84. The lowest BCUT2D eigenvalue weighted by Gasteiger charge is -2.30. The van der Waals surface area contributed by atoms with Crippen LogP contribution in [-0.2, 0) is 5.60 Å². The number of nitriles is 2. The molecule has 4 heterocycles. The van der Waals surface area contributed by atoms with Crippen LogP contribution < -0.4 is 0 Å². The topological polar surface area (TPSA) is 135 Å². The van der Waals surface area contributed by atoms with Gasteiger partial charge in [0.25, 0.3) is 5.91 Å². The SMILES string of the molecule is N#CCC1CCC(n2c(C(=O)N3CCC(O)(c4ccccc4)C3)nc3cnc4[nH]ccc4c32)CC1.N#CCC1CCCCC1. The highest BCUT2D eigenvalue weighted by Gasteiger charge is 2.41. The third kappa shape index (κ3) is 6.07. The molecular weight excluding hydrogens is 550 g/mol. The van der Waals surface area contributed by atoms with Crippen molar-refractivity contribution in [2.45, 2.75) is 88.7 Å². The zero-order valence-corrected chi connectivity index (χ0v) is 25.3. The molecule has 9 heteroatoms. The Morgan fingerprint density at radius 3 is 2.39 bits per heavy atom. The normalized spacial score (nSPS) is 24.0. The van der Waals surface area contributed by atoms with E-state index in [1.165, 1.54) is 32.1 Å². The molecule has 1 saturated heterocycles. The Balaban J connectivity index is 0.000000329. The fraction of sp³-hybridized carbons (Fsp3) is 0.514. The quantitative estimate of drug-likeness (QED) is 0.263. The Morgan fingerprint density at radius 2 is 1.68 bits per heavy atom. The molecule has 7 rings (SSSR count). The molecular formula is C35H41N7O2. The van der Waals surface area contributed by atoms with Gasteiger partial charge >= 0.3 is 0 Å². The number of nitrogens with zero attached hydrogens (tertiary/aromatic N) is 6. The number of H-pyrrole nitrogens is 1. The number of hydrogen-bond acceptors (Lipinski definition) is 6. The van der Waals surface area contributed by atoms with E-state index in [1.807, 2.05) is 42.6 Å². The Morgan fingerprint density at radius 1 is 0.977 bits per heavy atom. The number of carbonyl (C=O) groups is 1. The minimum atomic E-state index is -1.06. The molecule has 2 aliphatic carbocycles. The Bertz CT molecular complexity index is 1670. The second-order valence-corrected chi connectivity index (χ2v) is 12.8. The van der Waals surface area contributed by atoms with Crippen molar-refractivity contribution < 1.29 is 9.90 Å². The third-order valence-electron chi connectivity index (χ3n) is 9.94. The summed E-state index contributed by atoms with van der Waals surface area (Å²) in [5.74, 6) is 1.41. The number of pyridine rings is 1. The molecule has 1 atom stereocenters. The summed E-state index contributed by atoms with van der Waals surface area (Å²) in [6, 6.07) is 16.2. The highest BCUT2D eigenvalue weighted by Crippen LogP contribution is 2.39. The van der Waals surface area contributed by atoms with Gasteiger partial charge in [-0.1, -0.05) is 49.6 Å². The Hall–Kier alpha value is -4.21. The van der Waals surface area contributed by atoms with E-state index in [-0.39, 0.29) is 18.5 Å². The van der Waals surface area contributed by atoms with Gasteiger partial charge in [0.05, 0.1) is 30.4 Å². The number of β-amino-alcohol motifs (C(OH)–C–C–N with tert-alkyl or cyclic N) is 1. The molecule has 3 fully saturated rings. The predicted molar refractivity (Wildman–Crippen MR) is 168 cm³/mol. The van der Waals surface area contributed by atoms with Gasteiger partial charge in [-0.25, -0.2) is 9.97 Å². The van der Waals surface area contributed by atoms with E-state index in [0.717, 1.165) is 60.1 Å². The van der Waals surface area contributed by atoms with Gasteiger partial charge in [0.15, 0.2) is 0 Å². The number of likely N-dealkylation sites (tertiary alicyclic amines) is 1. The van der Waals surface area contributed by atoms with Crippen molar-refractivity contribution in [1.82, 2.24) is 24.4 Å². The highest BCUT2D eigenvalue weighted by atomic mass is 16.3. The number of amides is 1. The van der Waals surface area contributed by atoms with E-state index in [0.29, 0.717) is 36.6 Å². The van der Waals surface area contributed by atoms with Crippen molar-refractivity contribution in [2.75, 3.05) is 13.1 Å². The van der Waals surface area contributed by atoms with E-state index in [4.69, 9.17) is 15.5 Å². The molecule has 1 aromatic carbocycles. The standard InChI is InChI=1S/C27H28N6O2.C8H13N/c28-13-10-18-6-8-20(9-7-18)33-23-21-11-14-29-24(21)30-16-22(23)31-25(33)26(34)32-15-12-27(35,17-32)19-4-2-1-3-5-19;9-7-6-8-4-2-1-3-5-8/h1-5,11,14,16,18,20,35H,6-10,12,15,17H2,(H,29,30);8H,1-6H2. The number of hydrogen-bond donors (Lipinski definition) is 2. The molecule has 0 bridgehead atoms. The van der Waals surface area contributed by atoms with Crippen molar-refractivity contribution in [1.29, 1.82) is 10.5 Å². The van der Waals surface area contributed by atoms with E-state index < -0.39 is 5.60 Å². The maximum atomic E-state index is 13.9. The second kappa shape index (κ2) is 13.2. The number of nitrogens with one attached hydrogen (secondary N) is 1. The van der Waals surface area contributed by atoms with Crippen LogP contribution in [0.5, 0.6) is 0 Å². The molecule has 228 valence electrons. The molecule has 3 aromatic heterocycles. The number of rotatable bonds is 5. The molecule has 0 spiro atoms. The number of benzene rings is 1. The smallest absolute Gasteiger partial charge is 0.290 e. The second-order valence-electron chi connectivity index (χ2n) is 12.8. The van der Waals surface area contributed by atoms with Crippen LogP contribution in [0.4, 0.5) is 0 Å². The third-order valence-corrected chi connectivity index (χ3v) is 9.94. The van der Waals surface area contributed by atoms with Gasteiger partial charge in [0.1, 0.15) is 16.8 Å². The number of carbonyl (C=O) groups excluding carboxylic acids is 1. The first-order valence-corrected chi connectivity index (χ1v) is 16.2. The van der Waals surface area contributed by atoms with Crippen molar-refractivity contribution in [3.63, 3.8) is 0 Å². The average molecular weight is 592 g/mol. The van der Waals surface area contributed by atoms with Crippen molar-refractivity contribution in [2.24, 2.45) is 11.8 Å². The van der Waals surface area contributed by atoms with E-state index >= 15 is 0 Å². The monoisotopic (exact) mass is 591 g/mol. The molecule has 1 aliphatic heterocycles. The van der Waals surface area contributed by atoms with Gasteiger partial charge in [0.2, 0.25) is 5.82 Å². The molecule has 4 aromatic rings. The van der Waals surface area contributed by atoms with Gasteiger partial charge in [-0.2, -0.15) is 10.5 Å². The van der Waals surface area contributed by atoms with Crippen molar-refractivity contribution in [3.8, 4) is 12.1 Å². The summed E-state index contributed by atoms with van der Waals surface area (Å²) in [6.45, 7) is 0.714. The van der Waals surface area contributed by atoms with Crippen LogP contribution in [0.1, 0.15) is 99.3 Å². The van der Waals surface area contributed by atoms with E-state index in [2.05, 4.69) is 26.7 Å². The highest BCUT2D eigenvalue weighted by molar-refractivity contribution is 6.04. The number of fused-ring (bicyclic) bond motifs is 3.